The monoisotopic (exact) mass is 265 g/mol. The molecule has 0 bridgehead atoms. The standard InChI is InChI=1S/C14H13F2NO2/c1-18-14-5-2-9(6-13(14)17)8-19-10-3-4-11(15)12(16)7-10/h2-7H,8,17H2,1H3. The Morgan fingerprint density at radius 1 is 1.05 bits per heavy atom. The summed E-state index contributed by atoms with van der Waals surface area (Å²) in [6, 6.07) is 8.60. The van der Waals surface area contributed by atoms with Crippen LogP contribution in [0.15, 0.2) is 36.4 Å². The van der Waals surface area contributed by atoms with Gasteiger partial charge < -0.3 is 15.2 Å². The van der Waals surface area contributed by atoms with E-state index in [1.807, 2.05) is 0 Å². The number of hydrogen-bond acceptors (Lipinski definition) is 3. The minimum atomic E-state index is -0.938. The first-order valence-electron chi connectivity index (χ1n) is 5.60. The highest BCUT2D eigenvalue weighted by atomic mass is 19.2. The predicted molar refractivity (Wildman–Crippen MR) is 68.1 cm³/mol. The van der Waals surface area contributed by atoms with Crippen molar-refractivity contribution in [3.8, 4) is 11.5 Å². The molecule has 0 unspecified atom stereocenters. The lowest BCUT2D eigenvalue weighted by atomic mass is 10.2. The molecule has 0 aliphatic rings. The molecule has 2 N–H and O–H groups in total. The van der Waals surface area contributed by atoms with E-state index in [0.29, 0.717) is 11.4 Å². The molecule has 0 radical (unpaired) electrons. The highest BCUT2D eigenvalue weighted by molar-refractivity contribution is 5.54. The van der Waals surface area contributed by atoms with Crippen LogP contribution < -0.4 is 15.2 Å². The molecule has 0 saturated carbocycles. The lowest BCUT2D eigenvalue weighted by Crippen LogP contribution is -1.99. The number of anilines is 1. The topological polar surface area (TPSA) is 44.5 Å². The first-order valence-corrected chi connectivity index (χ1v) is 5.60. The zero-order chi connectivity index (χ0) is 13.8. The van der Waals surface area contributed by atoms with E-state index in [1.54, 1.807) is 18.2 Å². The smallest absolute Gasteiger partial charge is 0.162 e. The van der Waals surface area contributed by atoms with Crippen molar-refractivity contribution in [3.05, 3.63) is 53.6 Å². The Kier molecular flexibility index (Phi) is 3.85. The van der Waals surface area contributed by atoms with Gasteiger partial charge in [0.1, 0.15) is 18.1 Å². The largest absolute Gasteiger partial charge is 0.495 e. The summed E-state index contributed by atoms with van der Waals surface area (Å²) >= 11 is 0. The Morgan fingerprint density at radius 2 is 1.84 bits per heavy atom. The third-order valence-corrected chi connectivity index (χ3v) is 2.59. The molecule has 0 saturated heterocycles. The molecular formula is C14H13F2NO2. The second-order valence-corrected chi connectivity index (χ2v) is 3.94. The van der Waals surface area contributed by atoms with Gasteiger partial charge in [0.25, 0.3) is 0 Å². The van der Waals surface area contributed by atoms with E-state index in [9.17, 15) is 8.78 Å². The van der Waals surface area contributed by atoms with Gasteiger partial charge in [-0.15, -0.1) is 0 Å². The molecule has 0 spiro atoms. The lowest BCUT2D eigenvalue weighted by Gasteiger charge is -2.09. The van der Waals surface area contributed by atoms with Crippen LogP contribution in [0.2, 0.25) is 0 Å². The summed E-state index contributed by atoms with van der Waals surface area (Å²) in [5, 5.41) is 0. The van der Waals surface area contributed by atoms with E-state index in [4.69, 9.17) is 15.2 Å². The van der Waals surface area contributed by atoms with Crippen LogP contribution in [0.4, 0.5) is 14.5 Å². The predicted octanol–water partition coefficient (Wildman–Crippen LogP) is 3.13. The van der Waals surface area contributed by atoms with Crippen LogP contribution >= 0.6 is 0 Å². The van der Waals surface area contributed by atoms with Gasteiger partial charge in [0.2, 0.25) is 0 Å². The van der Waals surface area contributed by atoms with Gasteiger partial charge in [0.05, 0.1) is 12.8 Å². The highest BCUT2D eigenvalue weighted by Gasteiger charge is 2.05. The molecule has 0 atom stereocenters. The van der Waals surface area contributed by atoms with Crippen LogP contribution in [0, 0.1) is 11.6 Å². The van der Waals surface area contributed by atoms with Crippen LogP contribution in [-0.2, 0) is 6.61 Å². The molecule has 0 fully saturated rings. The minimum Gasteiger partial charge on any atom is -0.495 e. The van der Waals surface area contributed by atoms with Crippen LogP contribution in [-0.4, -0.2) is 7.11 Å². The molecule has 3 nitrogen and oxygen atoms in total. The van der Waals surface area contributed by atoms with Gasteiger partial charge in [0, 0.05) is 6.07 Å². The van der Waals surface area contributed by atoms with Crippen molar-refractivity contribution in [2.45, 2.75) is 6.61 Å². The number of methoxy groups -OCH3 is 1. The summed E-state index contributed by atoms with van der Waals surface area (Å²) in [7, 11) is 1.53. The maximum atomic E-state index is 13.0. The Labute approximate surface area is 109 Å². The van der Waals surface area contributed by atoms with E-state index in [2.05, 4.69) is 0 Å². The van der Waals surface area contributed by atoms with Crippen molar-refractivity contribution in [3.63, 3.8) is 0 Å². The maximum Gasteiger partial charge on any atom is 0.162 e. The van der Waals surface area contributed by atoms with Crippen LogP contribution in [0.1, 0.15) is 5.56 Å². The molecule has 100 valence electrons. The molecule has 2 rings (SSSR count). The summed E-state index contributed by atoms with van der Waals surface area (Å²) in [4.78, 5) is 0. The third kappa shape index (κ3) is 3.13. The molecule has 0 aromatic heterocycles. The number of hydrogen-bond donors (Lipinski definition) is 1. The Bertz CT molecular complexity index is 588. The maximum absolute atomic E-state index is 13.0. The fraction of sp³-hybridized carbons (Fsp3) is 0.143. The van der Waals surface area contributed by atoms with Gasteiger partial charge in [-0.3, -0.25) is 0 Å². The van der Waals surface area contributed by atoms with Crippen LogP contribution in [0.3, 0.4) is 0 Å². The van der Waals surface area contributed by atoms with Crippen molar-refractivity contribution in [2.75, 3.05) is 12.8 Å². The molecule has 2 aromatic carbocycles. The molecule has 0 amide bonds. The molecule has 19 heavy (non-hydrogen) atoms. The SMILES string of the molecule is COc1ccc(COc2ccc(F)c(F)c2)cc1N. The number of ether oxygens (including phenoxy) is 2. The second kappa shape index (κ2) is 5.56. The quantitative estimate of drug-likeness (QED) is 0.864. The Balaban J connectivity index is 2.05. The van der Waals surface area contributed by atoms with Gasteiger partial charge in [-0.1, -0.05) is 6.07 Å². The van der Waals surface area contributed by atoms with Crippen LogP contribution in [0.5, 0.6) is 11.5 Å². The van der Waals surface area contributed by atoms with E-state index < -0.39 is 11.6 Å². The number of nitrogens with two attached hydrogens (primary N) is 1. The van der Waals surface area contributed by atoms with E-state index >= 15 is 0 Å². The van der Waals surface area contributed by atoms with Crippen molar-refractivity contribution in [1.82, 2.24) is 0 Å². The van der Waals surface area contributed by atoms with Gasteiger partial charge >= 0.3 is 0 Å². The lowest BCUT2D eigenvalue weighted by molar-refractivity contribution is 0.303. The second-order valence-electron chi connectivity index (χ2n) is 3.94. The fourth-order valence-corrected chi connectivity index (χ4v) is 1.61. The molecular weight excluding hydrogens is 252 g/mol. The average Bonchev–Trinajstić information content (AvgIpc) is 2.40. The Morgan fingerprint density at radius 3 is 2.47 bits per heavy atom. The van der Waals surface area contributed by atoms with Gasteiger partial charge in [-0.2, -0.15) is 0 Å². The summed E-state index contributed by atoms with van der Waals surface area (Å²) < 4.78 is 36.1. The number of nitrogen functional groups attached to an aromatic ring is 1. The zero-order valence-corrected chi connectivity index (χ0v) is 10.3. The normalized spacial score (nSPS) is 10.3. The molecule has 0 aliphatic carbocycles. The molecule has 0 heterocycles. The minimum absolute atomic E-state index is 0.208. The number of rotatable bonds is 4. The van der Waals surface area contributed by atoms with E-state index in [0.717, 1.165) is 17.7 Å². The zero-order valence-electron chi connectivity index (χ0n) is 10.3. The summed E-state index contributed by atoms with van der Waals surface area (Å²) in [6.07, 6.45) is 0. The summed E-state index contributed by atoms with van der Waals surface area (Å²) in [5.41, 5.74) is 7.06. The summed E-state index contributed by atoms with van der Waals surface area (Å²) in [5.74, 6) is -1.00. The van der Waals surface area contributed by atoms with Crippen molar-refractivity contribution in [2.24, 2.45) is 0 Å². The third-order valence-electron chi connectivity index (χ3n) is 2.59. The van der Waals surface area contributed by atoms with Crippen molar-refractivity contribution < 1.29 is 18.3 Å². The van der Waals surface area contributed by atoms with Crippen molar-refractivity contribution in [1.29, 1.82) is 0 Å². The van der Waals surface area contributed by atoms with Gasteiger partial charge in [-0.05, 0) is 29.8 Å². The van der Waals surface area contributed by atoms with Gasteiger partial charge in [0.15, 0.2) is 11.6 Å². The first-order chi connectivity index (χ1) is 9.10. The molecule has 2 aromatic rings. The molecule has 5 heteroatoms. The molecule has 0 aliphatic heterocycles. The first kappa shape index (κ1) is 13.1. The van der Waals surface area contributed by atoms with Crippen LogP contribution in [0.25, 0.3) is 0 Å². The number of benzene rings is 2. The van der Waals surface area contributed by atoms with Gasteiger partial charge in [-0.25, -0.2) is 8.78 Å². The fourth-order valence-electron chi connectivity index (χ4n) is 1.61. The van der Waals surface area contributed by atoms with E-state index in [1.165, 1.54) is 13.2 Å². The average molecular weight is 265 g/mol. The summed E-state index contributed by atoms with van der Waals surface area (Å²) in [6.45, 7) is 0.208. The van der Waals surface area contributed by atoms with E-state index in [-0.39, 0.29) is 12.4 Å². The Hall–Kier alpha value is -2.30. The number of halogens is 2. The van der Waals surface area contributed by atoms with Crippen molar-refractivity contribution >= 4 is 5.69 Å². The highest BCUT2D eigenvalue weighted by Crippen LogP contribution is 2.23.